The average molecular weight is 170 g/mol. The minimum absolute atomic E-state index is 0.144. The summed E-state index contributed by atoms with van der Waals surface area (Å²) in [5, 5.41) is 19.6. The standard InChI is InChI=1S/C10H18O2/c1-9(2,12)6-4-8(11)10(3)5-7(6)10/h6-8,11-12H,4-5H2,1-3H3/t6-,7-,8?,10-/m1/s1. The maximum absolute atomic E-state index is 9.84. The van der Waals surface area contributed by atoms with Gasteiger partial charge in [0.1, 0.15) is 0 Å². The molecule has 2 aliphatic rings. The third-order valence-corrected chi connectivity index (χ3v) is 3.98. The van der Waals surface area contributed by atoms with Gasteiger partial charge in [0.25, 0.3) is 0 Å². The monoisotopic (exact) mass is 170 g/mol. The first kappa shape index (κ1) is 8.52. The molecule has 0 bridgehead atoms. The van der Waals surface area contributed by atoms with Crippen LogP contribution in [0.1, 0.15) is 33.6 Å². The molecular formula is C10H18O2. The number of aliphatic hydroxyl groups is 2. The number of rotatable bonds is 1. The summed E-state index contributed by atoms with van der Waals surface area (Å²) in [5.74, 6) is 0.866. The highest BCUT2D eigenvalue weighted by Crippen LogP contribution is 2.67. The van der Waals surface area contributed by atoms with E-state index in [0.717, 1.165) is 12.8 Å². The molecule has 0 aromatic carbocycles. The summed E-state index contributed by atoms with van der Waals surface area (Å²) in [5.41, 5.74) is -0.468. The molecule has 2 saturated carbocycles. The van der Waals surface area contributed by atoms with Crippen molar-refractivity contribution in [3.8, 4) is 0 Å². The molecule has 2 heteroatoms. The van der Waals surface area contributed by atoms with E-state index in [0.29, 0.717) is 11.8 Å². The molecule has 1 unspecified atom stereocenters. The van der Waals surface area contributed by atoms with Gasteiger partial charge in [0, 0.05) is 0 Å². The van der Waals surface area contributed by atoms with Crippen molar-refractivity contribution in [1.82, 2.24) is 0 Å². The molecule has 70 valence electrons. The topological polar surface area (TPSA) is 40.5 Å². The Morgan fingerprint density at radius 3 is 2.17 bits per heavy atom. The first-order chi connectivity index (χ1) is 5.36. The molecule has 0 aromatic rings. The minimum atomic E-state index is -0.611. The van der Waals surface area contributed by atoms with Crippen molar-refractivity contribution in [3.63, 3.8) is 0 Å². The quantitative estimate of drug-likeness (QED) is 0.620. The average Bonchev–Trinajstić information content (AvgIpc) is 2.49. The van der Waals surface area contributed by atoms with E-state index in [1.807, 2.05) is 13.8 Å². The third-order valence-electron chi connectivity index (χ3n) is 3.98. The Hall–Kier alpha value is -0.0800. The van der Waals surface area contributed by atoms with E-state index in [2.05, 4.69) is 6.92 Å². The molecule has 2 rings (SSSR count). The van der Waals surface area contributed by atoms with Crippen LogP contribution in [-0.2, 0) is 0 Å². The molecule has 4 atom stereocenters. The number of fused-ring (bicyclic) bond motifs is 1. The summed E-state index contributed by atoms with van der Waals surface area (Å²) in [4.78, 5) is 0. The van der Waals surface area contributed by atoms with Crippen molar-refractivity contribution in [2.24, 2.45) is 17.3 Å². The smallest absolute Gasteiger partial charge is 0.0623 e. The molecule has 2 fully saturated rings. The normalized spacial score (nSPS) is 52.2. The lowest BCUT2D eigenvalue weighted by Crippen LogP contribution is -2.31. The van der Waals surface area contributed by atoms with E-state index in [1.165, 1.54) is 0 Å². The Morgan fingerprint density at radius 1 is 1.42 bits per heavy atom. The number of hydrogen-bond donors (Lipinski definition) is 2. The number of hydrogen-bond acceptors (Lipinski definition) is 2. The molecule has 2 N–H and O–H groups in total. The van der Waals surface area contributed by atoms with Crippen LogP contribution >= 0.6 is 0 Å². The molecule has 2 aliphatic carbocycles. The van der Waals surface area contributed by atoms with Crippen LogP contribution in [0.25, 0.3) is 0 Å². The largest absolute Gasteiger partial charge is 0.393 e. The maximum atomic E-state index is 9.84. The summed E-state index contributed by atoms with van der Waals surface area (Å²) in [6, 6.07) is 0. The maximum Gasteiger partial charge on any atom is 0.0623 e. The zero-order chi connectivity index (χ0) is 9.15. The van der Waals surface area contributed by atoms with E-state index in [1.54, 1.807) is 0 Å². The Bertz CT molecular complexity index is 206. The van der Waals surface area contributed by atoms with Crippen LogP contribution in [0.5, 0.6) is 0 Å². The Labute approximate surface area is 73.6 Å². The van der Waals surface area contributed by atoms with Crippen molar-refractivity contribution in [1.29, 1.82) is 0 Å². The molecule has 0 spiro atoms. The van der Waals surface area contributed by atoms with Gasteiger partial charge < -0.3 is 10.2 Å². The summed E-state index contributed by atoms with van der Waals surface area (Å²) >= 11 is 0. The Balaban J connectivity index is 2.15. The minimum Gasteiger partial charge on any atom is -0.393 e. The van der Waals surface area contributed by atoms with E-state index in [9.17, 15) is 10.2 Å². The fraction of sp³-hybridized carbons (Fsp3) is 1.00. The Kier molecular flexibility index (Phi) is 1.45. The second-order valence-electron chi connectivity index (χ2n) is 5.33. The van der Waals surface area contributed by atoms with Gasteiger partial charge in [-0.05, 0) is 43.9 Å². The van der Waals surface area contributed by atoms with Gasteiger partial charge >= 0.3 is 0 Å². The van der Waals surface area contributed by atoms with Gasteiger partial charge in [0.15, 0.2) is 0 Å². The lowest BCUT2D eigenvalue weighted by atomic mass is 9.86. The van der Waals surface area contributed by atoms with Crippen LogP contribution in [0, 0.1) is 17.3 Å². The predicted molar refractivity (Wildman–Crippen MR) is 46.6 cm³/mol. The van der Waals surface area contributed by atoms with Gasteiger partial charge in [-0.15, -0.1) is 0 Å². The molecule has 0 saturated heterocycles. The highest BCUT2D eigenvalue weighted by Gasteiger charge is 2.66. The van der Waals surface area contributed by atoms with Crippen molar-refractivity contribution in [3.05, 3.63) is 0 Å². The molecule has 0 radical (unpaired) electrons. The highest BCUT2D eigenvalue weighted by atomic mass is 16.3. The van der Waals surface area contributed by atoms with Crippen LogP contribution in [0.4, 0.5) is 0 Å². The van der Waals surface area contributed by atoms with Gasteiger partial charge in [-0.3, -0.25) is 0 Å². The SMILES string of the molecule is CC(C)(O)[C@@H]1CC(O)[C@]2(C)C[C@H]12. The van der Waals surface area contributed by atoms with Gasteiger partial charge in [-0.2, -0.15) is 0 Å². The van der Waals surface area contributed by atoms with Crippen LogP contribution in [0.15, 0.2) is 0 Å². The highest BCUT2D eigenvalue weighted by molar-refractivity contribution is 5.15. The van der Waals surface area contributed by atoms with Gasteiger partial charge in [-0.1, -0.05) is 6.92 Å². The van der Waals surface area contributed by atoms with Crippen LogP contribution in [0.3, 0.4) is 0 Å². The fourth-order valence-electron chi connectivity index (χ4n) is 2.85. The van der Waals surface area contributed by atoms with Crippen LogP contribution in [-0.4, -0.2) is 21.9 Å². The molecule has 0 heterocycles. The molecule has 2 nitrogen and oxygen atoms in total. The summed E-state index contributed by atoms with van der Waals surface area (Å²) < 4.78 is 0. The Morgan fingerprint density at radius 2 is 2.00 bits per heavy atom. The second-order valence-corrected chi connectivity index (χ2v) is 5.33. The molecule has 0 amide bonds. The fourth-order valence-corrected chi connectivity index (χ4v) is 2.85. The van der Waals surface area contributed by atoms with Crippen molar-refractivity contribution >= 4 is 0 Å². The summed E-state index contributed by atoms with van der Waals surface area (Å²) in [7, 11) is 0. The second kappa shape index (κ2) is 2.05. The predicted octanol–water partition coefficient (Wildman–Crippen LogP) is 1.16. The lowest BCUT2D eigenvalue weighted by molar-refractivity contribution is 0.00104. The lowest BCUT2D eigenvalue weighted by Gasteiger charge is -2.27. The van der Waals surface area contributed by atoms with Crippen LogP contribution < -0.4 is 0 Å². The molecule has 0 aromatic heterocycles. The van der Waals surface area contributed by atoms with E-state index in [4.69, 9.17) is 0 Å². The van der Waals surface area contributed by atoms with Gasteiger partial charge in [0.05, 0.1) is 11.7 Å². The zero-order valence-electron chi connectivity index (χ0n) is 8.04. The molecule has 12 heavy (non-hydrogen) atoms. The summed E-state index contributed by atoms with van der Waals surface area (Å²) in [6.07, 6.45) is 1.70. The first-order valence-electron chi connectivity index (χ1n) is 4.76. The van der Waals surface area contributed by atoms with E-state index < -0.39 is 5.60 Å². The van der Waals surface area contributed by atoms with Gasteiger partial charge in [0.2, 0.25) is 0 Å². The van der Waals surface area contributed by atoms with E-state index >= 15 is 0 Å². The van der Waals surface area contributed by atoms with Crippen molar-refractivity contribution in [2.45, 2.75) is 45.3 Å². The molecular weight excluding hydrogens is 152 g/mol. The zero-order valence-corrected chi connectivity index (χ0v) is 8.04. The first-order valence-corrected chi connectivity index (χ1v) is 4.76. The van der Waals surface area contributed by atoms with Crippen LogP contribution in [0.2, 0.25) is 0 Å². The van der Waals surface area contributed by atoms with Crippen molar-refractivity contribution in [2.75, 3.05) is 0 Å². The van der Waals surface area contributed by atoms with Gasteiger partial charge in [-0.25, -0.2) is 0 Å². The molecule has 0 aliphatic heterocycles. The van der Waals surface area contributed by atoms with E-state index in [-0.39, 0.29) is 11.5 Å². The third kappa shape index (κ3) is 0.944. The van der Waals surface area contributed by atoms with Crippen molar-refractivity contribution < 1.29 is 10.2 Å². The number of aliphatic hydroxyl groups excluding tert-OH is 1. The summed E-state index contributed by atoms with van der Waals surface area (Å²) in [6.45, 7) is 5.84.